The third kappa shape index (κ3) is 3.62. The van der Waals surface area contributed by atoms with Crippen molar-refractivity contribution in [1.29, 1.82) is 0 Å². The van der Waals surface area contributed by atoms with Gasteiger partial charge in [0.1, 0.15) is 13.2 Å². The summed E-state index contributed by atoms with van der Waals surface area (Å²) in [7, 11) is 0. The van der Waals surface area contributed by atoms with Crippen LogP contribution in [0.2, 0.25) is 0 Å². The Morgan fingerprint density at radius 2 is 1.96 bits per heavy atom. The van der Waals surface area contributed by atoms with E-state index in [-0.39, 0.29) is 17.2 Å². The highest BCUT2D eigenvalue weighted by molar-refractivity contribution is 8.00. The maximum Gasteiger partial charge on any atom is 0.233 e. The second-order valence-electron chi connectivity index (χ2n) is 7.70. The summed E-state index contributed by atoms with van der Waals surface area (Å²) in [4.78, 5) is 13.7. The van der Waals surface area contributed by atoms with E-state index in [0.717, 1.165) is 28.2 Å². The molecule has 0 saturated heterocycles. The normalized spacial score (nSPS) is 29.3. The van der Waals surface area contributed by atoms with Crippen LogP contribution in [0.5, 0.6) is 11.5 Å². The highest BCUT2D eigenvalue weighted by Gasteiger charge is 2.42. The molecule has 0 aromatic heterocycles. The van der Waals surface area contributed by atoms with Gasteiger partial charge in [0.25, 0.3) is 0 Å². The molecule has 1 aromatic carbocycles. The number of hydrogen-bond acceptors (Lipinski definition) is 4. The lowest BCUT2D eigenvalue weighted by molar-refractivity contribution is -0.121. The number of benzene rings is 1. The second kappa shape index (κ2) is 7.10. The Labute approximate surface area is 154 Å². The first-order chi connectivity index (χ1) is 12.1. The van der Waals surface area contributed by atoms with Gasteiger partial charge >= 0.3 is 0 Å². The minimum absolute atomic E-state index is 0.122. The Hall–Kier alpha value is -1.36. The molecule has 0 spiro atoms. The topological polar surface area (TPSA) is 47.6 Å². The van der Waals surface area contributed by atoms with Crippen LogP contribution in [-0.4, -0.2) is 30.4 Å². The van der Waals surface area contributed by atoms with Gasteiger partial charge in [0.15, 0.2) is 11.5 Å². The van der Waals surface area contributed by atoms with Gasteiger partial charge in [0.2, 0.25) is 5.91 Å². The standard InChI is InChI=1S/C20H27NO3S/c1-12(17-10-14-3-4-15(17)9-14)21-20(22)13(2)25-16-5-6-18-19(11-16)24-8-7-23-18/h5-6,11-15,17H,3-4,7-10H2,1-2H3,(H,21,22). The number of carbonyl (C=O) groups is 1. The Kier molecular flexibility index (Phi) is 4.85. The monoisotopic (exact) mass is 361 g/mol. The van der Waals surface area contributed by atoms with E-state index in [1.807, 2.05) is 25.1 Å². The number of hydrogen-bond donors (Lipinski definition) is 1. The number of ether oxygens (including phenoxy) is 2. The average Bonchev–Trinajstić information content (AvgIpc) is 3.25. The van der Waals surface area contributed by atoms with E-state index in [2.05, 4.69) is 12.2 Å². The van der Waals surface area contributed by atoms with Crippen molar-refractivity contribution in [2.24, 2.45) is 17.8 Å². The van der Waals surface area contributed by atoms with Crippen LogP contribution in [0.1, 0.15) is 39.5 Å². The van der Waals surface area contributed by atoms with Gasteiger partial charge in [-0.1, -0.05) is 6.42 Å². The summed E-state index contributed by atoms with van der Waals surface area (Å²) in [5, 5.41) is 3.15. The molecule has 1 heterocycles. The molecule has 5 atom stereocenters. The van der Waals surface area contributed by atoms with Crippen LogP contribution >= 0.6 is 11.8 Å². The molecule has 1 amide bonds. The van der Waals surface area contributed by atoms with E-state index < -0.39 is 0 Å². The minimum atomic E-state index is -0.122. The van der Waals surface area contributed by atoms with Gasteiger partial charge in [-0.2, -0.15) is 0 Å². The van der Waals surface area contributed by atoms with Crippen molar-refractivity contribution in [3.63, 3.8) is 0 Å². The predicted octanol–water partition coefficient (Wildman–Crippen LogP) is 3.88. The van der Waals surface area contributed by atoms with Crippen LogP contribution in [0, 0.1) is 17.8 Å². The number of carbonyl (C=O) groups excluding carboxylic acids is 1. The molecule has 3 aliphatic rings. The van der Waals surface area contributed by atoms with Gasteiger partial charge in [-0.25, -0.2) is 0 Å². The molecule has 1 N–H and O–H groups in total. The van der Waals surface area contributed by atoms with Crippen molar-refractivity contribution in [2.75, 3.05) is 13.2 Å². The Morgan fingerprint density at radius 1 is 1.16 bits per heavy atom. The molecule has 2 fully saturated rings. The molecular formula is C20H27NO3S. The lowest BCUT2D eigenvalue weighted by atomic mass is 9.84. The van der Waals surface area contributed by atoms with Crippen molar-refractivity contribution in [3.05, 3.63) is 18.2 Å². The smallest absolute Gasteiger partial charge is 0.233 e. The molecule has 4 nitrogen and oxygen atoms in total. The third-order valence-corrected chi connectivity index (χ3v) is 7.09. The van der Waals surface area contributed by atoms with Crippen LogP contribution in [0.25, 0.3) is 0 Å². The SMILES string of the molecule is CC(Sc1ccc2c(c1)OCCO2)C(=O)NC(C)C1CC2CCC1C2. The summed E-state index contributed by atoms with van der Waals surface area (Å²) in [5.41, 5.74) is 0. The predicted molar refractivity (Wildman–Crippen MR) is 99.3 cm³/mol. The molecule has 4 rings (SSSR count). The zero-order valence-electron chi connectivity index (χ0n) is 15.0. The first-order valence-electron chi connectivity index (χ1n) is 9.47. The van der Waals surface area contributed by atoms with Crippen molar-refractivity contribution >= 4 is 17.7 Å². The zero-order valence-corrected chi connectivity index (χ0v) is 15.8. The molecule has 5 unspecified atom stereocenters. The molecule has 25 heavy (non-hydrogen) atoms. The summed E-state index contributed by atoms with van der Waals surface area (Å²) in [6.45, 7) is 5.34. The molecule has 1 aliphatic heterocycles. The van der Waals surface area contributed by atoms with Gasteiger partial charge in [-0.05, 0) is 69.1 Å². The Balaban J connectivity index is 1.33. The van der Waals surface area contributed by atoms with Crippen molar-refractivity contribution in [2.45, 2.75) is 55.7 Å². The lowest BCUT2D eigenvalue weighted by Crippen LogP contribution is -2.43. The highest BCUT2D eigenvalue weighted by Crippen LogP contribution is 2.49. The van der Waals surface area contributed by atoms with Gasteiger partial charge < -0.3 is 14.8 Å². The summed E-state index contributed by atoms with van der Waals surface area (Å²) in [5.74, 6) is 4.13. The summed E-state index contributed by atoms with van der Waals surface area (Å²) >= 11 is 1.58. The maximum absolute atomic E-state index is 12.6. The Morgan fingerprint density at radius 3 is 2.68 bits per heavy atom. The number of thioether (sulfide) groups is 1. The van der Waals surface area contributed by atoms with Crippen LogP contribution < -0.4 is 14.8 Å². The minimum Gasteiger partial charge on any atom is -0.486 e. The van der Waals surface area contributed by atoms with Gasteiger partial charge in [-0.3, -0.25) is 4.79 Å². The molecular weight excluding hydrogens is 334 g/mol. The molecule has 0 radical (unpaired) electrons. The van der Waals surface area contributed by atoms with Gasteiger partial charge in [-0.15, -0.1) is 11.8 Å². The van der Waals surface area contributed by atoms with Gasteiger partial charge in [0, 0.05) is 10.9 Å². The van der Waals surface area contributed by atoms with Crippen LogP contribution in [0.15, 0.2) is 23.1 Å². The van der Waals surface area contributed by atoms with E-state index in [0.29, 0.717) is 19.1 Å². The maximum atomic E-state index is 12.6. The average molecular weight is 362 g/mol. The van der Waals surface area contributed by atoms with Crippen LogP contribution in [0.4, 0.5) is 0 Å². The van der Waals surface area contributed by atoms with Crippen molar-refractivity contribution in [1.82, 2.24) is 5.32 Å². The fraction of sp³-hybridized carbons (Fsp3) is 0.650. The molecule has 5 heteroatoms. The third-order valence-electron chi connectivity index (χ3n) is 6.00. The van der Waals surface area contributed by atoms with E-state index in [1.165, 1.54) is 25.7 Å². The fourth-order valence-electron chi connectivity index (χ4n) is 4.71. The lowest BCUT2D eigenvalue weighted by Gasteiger charge is -2.29. The first kappa shape index (κ1) is 17.1. The van der Waals surface area contributed by atoms with Crippen LogP contribution in [0.3, 0.4) is 0 Å². The second-order valence-corrected chi connectivity index (χ2v) is 9.12. The fourth-order valence-corrected chi connectivity index (χ4v) is 5.61. The summed E-state index contributed by atoms with van der Waals surface area (Å²) in [6, 6.07) is 6.19. The quantitative estimate of drug-likeness (QED) is 0.809. The van der Waals surface area contributed by atoms with E-state index >= 15 is 0 Å². The zero-order chi connectivity index (χ0) is 17.4. The van der Waals surface area contributed by atoms with Crippen molar-refractivity contribution in [3.8, 4) is 11.5 Å². The molecule has 1 aromatic rings. The summed E-state index contributed by atoms with van der Waals surface area (Å²) < 4.78 is 11.2. The molecule has 2 saturated carbocycles. The van der Waals surface area contributed by atoms with E-state index in [4.69, 9.17) is 9.47 Å². The number of rotatable bonds is 5. The van der Waals surface area contributed by atoms with Crippen molar-refractivity contribution < 1.29 is 14.3 Å². The first-order valence-corrected chi connectivity index (χ1v) is 10.3. The number of nitrogens with one attached hydrogen (secondary N) is 1. The summed E-state index contributed by atoms with van der Waals surface area (Å²) in [6.07, 6.45) is 5.44. The van der Waals surface area contributed by atoms with Crippen LogP contribution in [-0.2, 0) is 4.79 Å². The number of fused-ring (bicyclic) bond motifs is 3. The van der Waals surface area contributed by atoms with E-state index in [1.54, 1.807) is 11.8 Å². The highest BCUT2D eigenvalue weighted by atomic mass is 32.2. The van der Waals surface area contributed by atoms with Gasteiger partial charge in [0.05, 0.1) is 5.25 Å². The molecule has 136 valence electrons. The Bertz CT molecular complexity index is 650. The molecule has 2 aliphatic carbocycles. The number of amides is 1. The molecule has 2 bridgehead atoms. The largest absolute Gasteiger partial charge is 0.486 e. The van der Waals surface area contributed by atoms with E-state index in [9.17, 15) is 4.79 Å².